The number of hydrogen-bond acceptors (Lipinski definition) is 7. The maximum atomic E-state index is 12.4. The maximum Gasteiger partial charge on any atom is 0.327 e. The molecule has 2 heterocycles. The van der Waals surface area contributed by atoms with Crippen LogP contribution in [0.5, 0.6) is 0 Å². The van der Waals surface area contributed by atoms with Crippen LogP contribution in [-0.4, -0.2) is 49.4 Å². The summed E-state index contributed by atoms with van der Waals surface area (Å²) >= 11 is 1.49. The molecule has 9 heteroatoms. The molecule has 3 N–H and O–H groups in total. The van der Waals surface area contributed by atoms with Gasteiger partial charge >= 0.3 is 5.97 Å². The van der Waals surface area contributed by atoms with Crippen LogP contribution in [0, 0.1) is 5.92 Å². The molecule has 1 amide bonds. The van der Waals surface area contributed by atoms with Crippen molar-refractivity contribution in [3.05, 3.63) is 5.69 Å². The van der Waals surface area contributed by atoms with E-state index in [4.69, 9.17) is 5.73 Å². The molecule has 0 aromatic carbocycles. The molecular formula is C10H12N4O4S. The van der Waals surface area contributed by atoms with Gasteiger partial charge in [-0.1, -0.05) is 0 Å². The van der Waals surface area contributed by atoms with Crippen LogP contribution in [0.15, 0.2) is 4.63 Å². The summed E-state index contributed by atoms with van der Waals surface area (Å²) in [6, 6.07) is -0.848. The number of rotatable bonds is 3. The molecule has 1 saturated heterocycles. The summed E-state index contributed by atoms with van der Waals surface area (Å²) in [7, 11) is 0. The largest absolute Gasteiger partial charge is 0.480 e. The van der Waals surface area contributed by atoms with Crippen LogP contribution in [0.4, 0.5) is 5.82 Å². The Morgan fingerprint density at radius 1 is 1.42 bits per heavy atom. The number of nitrogen functional groups attached to an aromatic ring is 1. The fourth-order valence-corrected chi connectivity index (χ4v) is 3.82. The van der Waals surface area contributed by atoms with Gasteiger partial charge < -0.3 is 15.7 Å². The summed E-state index contributed by atoms with van der Waals surface area (Å²) in [4.78, 5) is 25.0. The van der Waals surface area contributed by atoms with E-state index in [1.54, 1.807) is 0 Å². The second kappa shape index (κ2) is 4.41. The van der Waals surface area contributed by atoms with Gasteiger partial charge in [0.05, 0.1) is 5.37 Å². The predicted octanol–water partition coefficient (Wildman–Crippen LogP) is 0.0301. The van der Waals surface area contributed by atoms with Crippen molar-refractivity contribution in [2.45, 2.75) is 24.3 Å². The van der Waals surface area contributed by atoms with Gasteiger partial charge in [-0.2, -0.15) is 0 Å². The topological polar surface area (TPSA) is 123 Å². The second-order valence-corrected chi connectivity index (χ2v) is 5.78. The van der Waals surface area contributed by atoms with Gasteiger partial charge in [-0.15, -0.1) is 11.8 Å². The van der Waals surface area contributed by atoms with Crippen LogP contribution in [0.3, 0.4) is 0 Å². The van der Waals surface area contributed by atoms with E-state index in [0.29, 0.717) is 11.7 Å². The molecule has 1 saturated carbocycles. The molecule has 2 aliphatic rings. The number of hydrogen-bond donors (Lipinski definition) is 2. The van der Waals surface area contributed by atoms with Crippen molar-refractivity contribution in [2.75, 3.05) is 11.5 Å². The molecule has 19 heavy (non-hydrogen) atoms. The molecule has 0 radical (unpaired) electrons. The minimum Gasteiger partial charge on any atom is -0.480 e. The first kappa shape index (κ1) is 12.3. The lowest BCUT2D eigenvalue weighted by molar-refractivity contribution is -0.141. The van der Waals surface area contributed by atoms with E-state index in [1.165, 1.54) is 16.7 Å². The van der Waals surface area contributed by atoms with Crippen LogP contribution in [-0.2, 0) is 4.79 Å². The Hall–Kier alpha value is -1.77. The Labute approximate surface area is 112 Å². The molecule has 1 aliphatic carbocycles. The molecule has 102 valence electrons. The zero-order valence-electron chi connectivity index (χ0n) is 9.85. The second-order valence-electron chi connectivity index (χ2n) is 4.63. The number of carboxylic acids is 1. The predicted molar refractivity (Wildman–Crippen MR) is 65.3 cm³/mol. The third kappa shape index (κ3) is 2.03. The lowest BCUT2D eigenvalue weighted by Gasteiger charge is -2.26. The minimum absolute atomic E-state index is 0.111. The number of nitrogens with two attached hydrogens (primary N) is 1. The molecule has 8 nitrogen and oxygen atoms in total. The monoisotopic (exact) mass is 284 g/mol. The molecule has 1 aromatic rings. The first-order valence-electron chi connectivity index (χ1n) is 5.84. The van der Waals surface area contributed by atoms with Crippen LogP contribution in [0.2, 0.25) is 0 Å². The number of carbonyl (C=O) groups excluding carboxylic acids is 1. The molecule has 2 unspecified atom stereocenters. The summed E-state index contributed by atoms with van der Waals surface area (Å²) in [6.07, 6.45) is 2.03. The fourth-order valence-electron chi connectivity index (χ4n) is 2.19. The van der Waals surface area contributed by atoms with Gasteiger partial charge in [0.15, 0.2) is 0 Å². The van der Waals surface area contributed by atoms with Gasteiger partial charge in [-0.25, -0.2) is 9.42 Å². The number of nitrogens with zero attached hydrogens (tertiary/aromatic N) is 3. The average Bonchev–Trinajstić information content (AvgIpc) is 2.97. The third-order valence-electron chi connectivity index (χ3n) is 3.30. The van der Waals surface area contributed by atoms with E-state index in [-0.39, 0.29) is 16.9 Å². The summed E-state index contributed by atoms with van der Waals surface area (Å²) in [5.41, 5.74) is 5.39. The number of thioether (sulfide) groups is 1. The number of aromatic nitrogens is 2. The zero-order chi connectivity index (χ0) is 13.6. The molecule has 0 bridgehead atoms. The Kier molecular flexibility index (Phi) is 2.85. The lowest BCUT2D eigenvalue weighted by Crippen LogP contribution is -2.46. The summed E-state index contributed by atoms with van der Waals surface area (Å²) in [6.45, 7) is 0. The number of aliphatic carboxylic acids is 1. The SMILES string of the molecule is Nc1nonc1C(=O)N1C(C(=O)O)CSC1C1CC1. The van der Waals surface area contributed by atoms with Crippen molar-refractivity contribution in [3.63, 3.8) is 0 Å². The van der Waals surface area contributed by atoms with E-state index < -0.39 is 17.9 Å². The van der Waals surface area contributed by atoms with Gasteiger partial charge in [-0.3, -0.25) is 4.79 Å². The average molecular weight is 284 g/mol. The van der Waals surface area contributed by atoms with E-state index in [9.17, 15) is 14.7 Å². The Balaban J connectivity index is 1.91. The highest BCUT2D eigenvalue weighted by Gasteiger charge is 2.49. The highest BCUT2D eigenvalue weighted by molar-refractivity contribution is 8.00. The lowest BCUT2D eigenvalue weighted by atomic mass is 10.2. The van der Waals surface area contributed by atoms with E-state index in [0.717, 1.165) is 12.8 Å². The zero-order valence-corrected chi connectivity index (χ0v) is 10.7. The van der Waals surface area contributed by atoms with Crippen molar-refractivity contribution >= 4 is 29.5 Å². The summed E-state index contributed by atoms with van der Waals surface area (Å²) in [5.74, 6) is -0.903. The Morgan fingerprint density at radius 3 is 2.68 bits per heavy atom. The molecule has 3 rings (SSSR count). The molecule has 1 aliphatic heterocycles. The van der Waals surface area contributed by atoms with Gasteiger partial charge in [0.25, 0.3) is 5.91 Å². The smallest absolute Gasteiger partial charge is 0.327 e. The number of carboxylic acid groups (broad SMARTS) is 1. The molecule has 0 spiro atoms. The third-order valence-corrected chi connectivity index (χ3v) is 4.76. The quantitative estimate of drug-likeness (QED) is 0.797. The Bertz CT molecular complexity index is 529. The van der Waals surface area contributed by atoms with E-state index >= 15 is 0 Å². The van der Waals surface area contributed by atoms with E-state index in [1.807, 2.05) is 0 Å². The minimum atomic E-state index is -1.01. The van der Waals surface area contributed by atoms with Crippen molar-refractivity contribution in [1.82, 2.24) is 15.2 Å². The van der Waals surface area contributed by atoms with Gasteiger partial charge in [0.1, 0.15) is 6.04 Å². The van der Waals surface area contributed by atoms with Crippen LogP contribution >= 0.6 is 11.8 Å². The van der Waals surface area contributed by atoms with E-state index in [2.05, 4.69) is 14.9 Å². The highest BCUT2D eigenvalue weighted by Crippen LogP contribution is 2.45. The first-order valence-corrected chi connectivity index (χ1v) is 6.89. The van der Waals surface area contributed by atoms with Gasteiger partial charge in [0.2, 0.25) is 11.5 Å². The van der Waals surface area contributed by atoms with Crippen LogP contribution in [0.25, 0.3) is 0 Å². The van der Waals surface area contributed by atoms with Gasteiger partial charge in [-0.05, 0) is 29.1 Å². The number of anilines is 1. The summed E-state index contributed by atoms with van der Waals surface area (Å²) < 4.78 is 4.41. The highest BCUT2D eigenvalue weighted by atomic mass is 32.2. The first-order chi connectivity index (χ1) is 9.09. The molecule has 1 aromatic heterocycles. The fraction of sp³-hybridized carbons (Fsp3) is 0.600. The molecule has 2 fully saturated rings. The van der Waals surface area contributed by atoms with Crippen molar-refractivity contribution in [1.29, 1.82) is 0 Å². The molecular weight excluding hydrogens is 272 g/mol. The standard InChI is InChI=1S/C10H12N4O4S/c11-7-6(12-18-13-7)8(15)14-5(10(16)17)3-19-9(14)4-1-2-4/h4-5,9H,1-3H2,(H2,11,13)(H,16,17). The maximum absolute atomic E-state index is 12.4. The van der Waals surface area contributed by atoms with Crippen molar-refractivity contribution < 1.29 is 19.3 Å². The Morgan fingerprint density at radius 2 is 2.16 bits per heavy atom. The van der Waals surface area contributed by atoms with Crippen LogP contribution in [0.1, 0.15) is 23.3 Å². The molecule has 2 atom stereocenters. The normalized spacial score (nSPS) is 26.6. The number of carbonyl (C=O) groups is 2. The van der Waals surface area contributed by atoms with Crippen LogP contribution < -0.4 is 5.73 Å². The number of amides is 1. The van der Waals surface area contributed by atoms with Gasteiger partial charge in [0, 0.05) is 5.75 Å². The van der Waals surface area contributed by atoms with Crippen molar-refractivity contribution in [3.8, 4) is 0 Å². The summed E-state index contributed by atoms with van der Waals surface area (Å²) in [5, 5.41) is 15.9. The van der Waals surface area contributed by atoms with Crippen molar-refractivity contribution in [2.24, 2.45) is 5.92 Å².